The lowest BCUT2D eigenvalue weighted by Gasteiger charge is -2.08. The smallest absolute Gasteiger partial charge is 0.279 e. The molecule has 0 aliphatic heterocycles. The Morgan fingerprint density at radius 1 is 1.53 bits per heavy atom. The molecule has 0 saturated heterocycles. The third-order valence-corrected chi connectivity index (χ3v) is 2.54. The van der Waals surface area contributed by atoms with E-state index in [0.29, 0.717) is 5.82 Å². The molecule has 0 spiro atoms. The minimum Gasteiger partial charge on any atom is -0.382 e. The molecule has 9 heteroatoms. The molecule has 0 bridgehead atoms. The zero-order valence-electron chi connectivity index (χ0n) is 9.17. The van der Waals surface area contributed by atoms with E-state index < -0.39 is 5.91 Å². The number of carbonyl (C=O) groups excluding carboxylic acids is 1. The normalized spacial score (nSPS) is 9.82. The minimum absolute atomic E-state index is 0.00924. The van der Waals surface area contributed by atoms with Gasteiger partial charge in [0, 0.05) is 7.05 Å². The molecule has 0 radical (unpaired) electrons. The van der Waals surface area contributed by atoms with Crippen LogP contribution in [0.1, 0.15) is 10.5 Å². The largest absolute Gasteiger partial charge is 0.382 e. The number of carbonyl (C=O) groups is 1. The van der Waals surface area contributed by atoms with Gasteiger partial charge >= 0.3 is 0 Å². The van der Waals surface area contributed by atoms with Crippen LogP contribution in [-0.2, 0) is 0 Å². The number of aromatic nitrogens is 2. The standard InChI is InChI=1S/C8H11ClN6OS/c1-12-6-4(9)13-3(5(10)14-6)7(16)15-8(11)17-2/h1-2H3,(H3,10,12,14)(H2,11,15,16). The number of rotatable bonds is 2. The van der Waals surface area contributed by atoms with Crippen molar-refractivity contribution >= 4 is 46.1 Å². The van der Waals surface area contributed by atoms with Crippen molar-refractivity contribution in [3.05, 3.63) is 10.8 Å². The maximum atomic E-state index is 11.7. The van der Waals surface area contributed by atoms with Crippen molar-refractivity contribution < 1.29 is 4.79 Å². The lowest BCUT2D eigenvalue weighted by atomic mass is 10.4. The average molecular weight is 275 g/mol. The number of amidine groups is 1. The van der Waals surface area contributed by atoms with Crippen LogP contribution in [0.5, 0.6) is 0 Å². The van der Waals surface area contributed by atoms with E-state index in [0.717, 1.165) is 11.8 Å². The SMILES string of the molecule is CNc1nc(N)c(C(=O)NC(=N)SC)nc1Cl. The molecule has 0 aliphatic carbocycles. The Morgan fingerprint density at radius 2 is 2.18 bits per heavy atom. The third-order valence-electron chi connectivity index (χ3n) is 1.76. The molecule has 0 aliphatic rings. The molecule has 0 saturated carbocycles. The molecule has 0 atom stereocenters. The number of thioether (sulfide) groups is 1. The molecule has 0 unspecified atom stereocenters. The highest BCUT2D eigenvalue weighted by Gasteiger charge is 2.17. The van der Waals surface area contributed by atoms with Crippen LogP contribution in [-0.4, -0.2) is 34.3 Å². The number of halogens is 1. The van der Waals surface area contributed by atoms with Gasteiger partial charge in [0.1, 0.15) is 0 Å². The van der Waals surface area contributed by atoms with Crippen molar-refractivity contribution in [2.24, 2.45) is 0 Å². The molecule has 1 aromatic rings. The second kappa shape index (κ2) is 5.69. The van der Waals surface area contributed by atoms with E-state index in [2.05, 4.69) is 20.6 Å². The summed E-state index contributed by atoms with van der Waals surface area (Å²) in [6.45, 7) is 0. The maximum Gasteiger partial charge on any atom is 0.279 e. The number of nitrogens with two attached hydrogens (primary N) is 1. The van der Waals surface area contributed by atoms with Gasteiger partial charge < -0.3 is 16.4 Å². The van der Waals surface area contributed by atoms with Crippen LogP contribution in [0.3, 0.4) is 0 Å². The quantitative estimate of drug-likeness (QED) is 0.468. The first-order valence-corrected chi connectivity index (χ1v) is 6.04. The number of amides is 1. The van der Waals surface area contributed by atoms with Crippen molar-refractivity contribution in [2.75, 3.05) is 24.4 Å². The Labute approximate surface area is 107 Å². The van der Waals surface area contributed by atoms with Gasteiger partial charge in [-0.1, -0.05) is 23.4 Å². The summed E-state index contributed by atoms with van der Waals surface area (Å²) in [5, 5.41) is 12.3. The van der Waals surface area contributed by atoms with E-state index in [9.17, 15) is 4.79 Å². The van der Waals surface area contributed by atoms with Crippen molar-refractivity contribution in [2.45, 2.75) is 0 Å². The van der Waals surface area contributed by atoms with Crippen LogP contribution in [0.2, 0.25) is 5.15 Å². The van der Waals surface area contributed by atoms with Crippen molar-refractivity contribution in [3.63, 3.8) is 0 Å². The number of hydrogen-bond donors (Lipinski definition) is 4. The number of nitrogens with zero attached hydrogens (tertiary/aromatic N) is 2. The summed E-state index contributed by atoms with van der Waals surface area (Å²) < 4.78 is 0. The second-order valence-corrected chi connectivity index (χ2v) is 4.01. The first-order valence-electron chi connectivity index (χ1n) is 4.44. The van der Waals surface area contributed by atoms with Crippen molar-refractivity contribution in [1.82, 2.24) is 15.3 Å². The van der Waals surface area contributed by atoms with Gasteiger partial charge in [-0.2, -0.15) is 0 Å². The van der Waals surface area contributed by atoms with Crippen LogP contribution >= 0.6 is 23.4 Å². The highest BCUT2D eigenvalue weighted by Crippen LogP contribution is 2.19. The maximum absolute atomic E-state index is 11.7. The van der Waals surface area contributed by atoms with E-state index >= 15 is 0 Å². The topological polar surface area (TPSA) is 117 Å². The van der Waals surface area contributed by atoms with Crippen LogP contribution < -0.4 is 16.4 Å². The monoisotopic (exact) mass is 274 g/mol. The lowest BCUT2D eigenvalue weighted by Crippen LogP contribution is -2.29. The first kappa shape index (κ1) is 13.5. The van der Waals surface area contributed by atoms with Crippen molar-refractivity contribution in [3.8, 4) is 0 Å². The van der Waals surface area contributed by atoms with E-state index in [1.54, 1.807) is 13.3 Å². The van der Waals surface area contributed by atoms with Crippen LogP contribution in [0.15, 0.2) is 0 Å². The Morgan fingerprint density at radius 3 is 2.71 bits per heavy atom. The molecule has 17 heavy (non-hydrogen) atoms. The molecule has 5 N–H and O–H groups in total. The lowest BCUT2D eigenvalue weighted by molar-refractivity contribution is 0.0973. The highest BCUT2D eigenvalue weighted by molar-refractivity contribution is 8.13. The fraction of sp³-hybridized carbons (Fsp3) is 0.250. The van der Waals surface area contributed by atoms with E-state index in [1.807, 2.05) is 0 Å². The highest BCUT2D eigenvalue weighted by atomic mass is 35.5. The summed E-state index contributed by atoms with van der Waals surface area (Å²) in [7, 11) is 1.61. The molecular weight excluding hydrogens is 264 g/mol. The fourth-order valence-corrected chi connectivity index (χ4v) is 1.38. The van der Waals surface area contributed by atoms with E-state index in [-0.39, 0.29) is 21.8 Å². The molecule has 0 fully saturated rings. The van der Waals surface area contributed by atoms with Gasteiger partial charge in [-0.15, -0.1) is 0 Å². The molecule has 1 aromatic heterocycles. The second-order valence-electron chi connectivity index (χ2n) is 2.83. The van der Waals surface area contributed by atoms with Gasteiger partial charge in [0.25, 0.3) is 5.91 Å². The Balaban J connectivity index is 3.02. The predicted molar refractivity (Wildman–Crippen MR) is 69.7 cm³/mol. The van der Waals surface area contributed by atoms with E-state index in [4.69, 9.17) is 22.7 Å². The minimum atomic E-state index is -0.612. The summed E-state index contributed by atoms with van der Waals surface area (Å²) >= 11 is 6.87. The summed E-state index contributed by atoms with van der Waals surface area (Å²) in [5.41, 5.74) is 5.47. The molecule has 1 rings (SSSR count). The summed E-state index contributed by atoms with van der Waals surface area (Å²) in [4.78, 5) is 19.4. The number of hydrogen-bond acceptors (Lipinski definition) is 7. The summed E-state index contributed by atoms with van der Waals surface area (Å²) in [6, 6.07) is 0. The zero-order valence-corrected chi connectivity index (χ0v) is 10.7. The van der Waals surface area contributed by atoms with Crippen molar-refractivity contribution in [1.29, 1.82) is 5.41 Å². The fourth-order valence-electron chi connectivity index (χ4n) is 0.967. The Hall–Kier alpha value is -1.54. The van der Waals surface area contributed by atoms with Gasteiger partial charge in [-0.3, -0.25) is 10.2 Å². The predicted octanol–water partition coefficient (Wildman–Crippen LogP) is 0.781. The van der Waals surface area contributed by atoms with E-state index in [1.165, 1.54) is 0 Å². The molecule has 0 aromatic carbocycles. The third kappa shape index (κ3) is 3.21. The Kier molecular flexibility index (Phi) is 4.53. The number of nitrogens with one attached hydrogen (secondary N) is 3. The van der Waals surface area contributed by atoms with Gasteiger partial charge in [0.15, 0.2) is 27.7 Å². The van der Waals surface area contributed by atoms with Crippen LogP contribution in [0.4, 0.5) is 11.6 Å². The first-order chi connectivity index (χ1) is 7.99. The summed E-state index contributed by atoms with van der Waals surface area (Å²) in [5.74, 6) is -0.371. The average Bonchev–Trinajstić information content (AvgIpc) is 2.31. The van der Waals surface area contributed by atoms with Crippen LogP contribution in [0.25, 0.3) is 0 Å². The number of anilines is 2. The van der Waals surface area contributed by atoms with Gasteiger partial charge in [0.2, 0.25) is 0 Å². The molecular formula is C8H11ClN6OS. The van der Waals surface area contributed by atoms with Crippen LogP contribution in [0, 0.1) is 5.41 Å². The van der Waals surface area contributed by atoms with Gasteiger partial charge in [0.05, 0.1) is 0 Å². The van der Waals surface area contributed by atoms with Gasteiger partial charge in [-0.25, -0.2) is 9.97 Å². The summed E-state index contributed by atoms with van der Waals surface area (Å²) in [6.07, 6.45) is 1.66. The van der Waals surface area contributed by atoms with Gasteiger partial charge in [-0.05, 0) is 6.26 Å². The molecule has 7 nitrogen and oxygen atoms in total. The molecule has 92 valence electrons. The molecule has 1 amide bonds. The Bertz CT molecular complexity index is 466. The number of nitrogen functional groups attached to an aromatic ring is 1. The molecule has 1 heterocycles. The zero-order chi connectivity index (χ0) is 13.0.